The van der Waals surface area contributed by atoms with E-state index >= 15 is 0 Å². The first-order chi connectivity index (χ1) is 13.2. The van der Waals surface area contributed by atoms with E-state index in [1.165, 1.54) is 30.3 Å². The molecule has 0 aliphatic rings. The highest BCUT2D eigenvalue weighted by Crippen LogP contribution is 2.14. The van der Waals surface area contributed by atoms with Crippen molar-refractivity contribution >= 4 is 26.4 Å². The Morgan fingerprint density at radius 2 is 1.61 bits per heavy atom. The van der Waals surface area contributed by atoms with Crippen LogP contribution in [0.3, 0.4) is 0 Å². The number of halogens is 1. The summed E-state index contributed by atoms with van der Waals surface area (Å²) in [5.74, 6) is -0.665. The highest BCUT2D eigenvalue weighted by Gasteiger charge is 2.24. The van der Waals surface area contributed by atoms with E-state index in [2.05, 4.69) is 5.10 Å². The van der Waals surface area contributed by atoms with Gasteiger partial charge in [-0.15, -0.1) is 3.97 Å². The summed E-state index contributed by atoms with van der Waals surface area (Å²) in [7, 11) is -4.50. The number of hydrogen-bond donors (Lipinski definition) is 1. The number of nitrogens with zero attached hydrogens (tertiary/aromatic N) is 2. The molecule has 0 unspecified atom stereocenters. The second-order valence-corrected chi connectivity index (χ2v) is 7.98. The molecule has 0 aliphatic carbocycles. The lowest BCUT2D eigenvalue weighted by Gasteiger charge is -2.10. The number of fused-ring (bicyclic) bond motifs is 3. The van der Waals surface area contributed by atoms with E-state index in [0.29, 0.717) is 0 Å². The van der Waals surface area contributed by atoms with Crippen LogP contribution in [-0.2, 0) is 10.0 Å². The molecule has 0 saturated heterocycles. The number of aromatic amines is 1. The van der Waals surface area contributed by atoms with Crippen molar-refractivity contribution in [1.82, 2.24) is 13.6 Å². The summed E-state index contributed by atoms with van der Waals surface area (Å²) < 4.78 is 40.2. The van der Waals surface area contributed by atoms with Gasteiger partial charge in [-0.25, -0.2) is 27.2 Å². The average molecular weight is 401 g/mol. The summed E-state index contributed by atoms with van der Waals surface area (Å²) in [6, 6.07) is 9.71. The van der Waals surface area contributed by atoms with Crippen molar-refractivity contribution in [2.24, 2.45) is 0 Å². The fraction of sp³-hybridized carbons (Fsp3) is 0.0556. The number of hydrogen-bond acceptors (Lipinski definition) is 5. The van der Waals surface area contributed by atoms with Gasteiger partial charge in [-0.05, 0) is 37.3 Å². The van der Waals surface area contributed by atoms with Crippen molar-refractivity contribution in [3.05, 3.63) is 91.0 Å². The molecule has 0 amide bonds. The molecule has 2 aromatic heterocycles. The minimum Gasteiger partial charge on any atom is -0.289 e. The molecule has 8 nitrogen and oxygen atoms in total. The predicted molar refractivity (Wildman–Crippen MR) is 99.8 cm³/mol. The van der Waals surface area contributed by atoms with E-state index in [0.717, 1.165) is 28.3 Å². The van der Waals surface area contributed by atoms with E-state index in [9.17, 15) is 27.2 Å². The smallest absolute Gasteiger partial charge is 0.289 e. The Morgan fingerprint density at radius 3 is 2.29 bits per heavy atom. The standard InChI is InChI=1S/C18H12FN3O5S/c1-10-2-5-12(6-3-10)28(26,27)22-17(24)15-9-16(23)13-8-11(19)4-7-14(13)21(15)20-18(22)25/h2-9H,1H3,(H,20,25). The normalized spacial score (nSPS) is 11.9. The van der Waals surface area contributed by atoms with Gasteiger partial charge in [0, 0.05) is 6.07 Å². The van der Waals surface area contributed by atoms with E-state index < -0.39 is 32.5 Å². The van der Waals surface area contributed by atoms with Gasteiger partial charge < -0.3 is 0 Å². The molecule has 0 aliphatic heterocycles. The number of aromatic nitrogens is 3. The fourth-order valence-electron chi connectivity index (χ4n) is 2.95. The van der Waals surface area contributed by atoms with Gasteiger partial charge in [0.05, 0.1) is 15.8 Å². The largest absolute Gasteiger partial charge is 0.357 e. The van der Waals surface area contributed by atoms with Crippen molar-refractivity contribution in [1.29, 1.82) is 0 Å². The predicted octanol–water partition coefficient (Wildman–Crippen LogP) is 0.987. The number of pyridine rings is 1. The molecule has 2 heterocycles. The van der Waals surface area contributed by atoms with Crippen LogP contribution in [-0.4, -0.2) is 22.0 Å². The van der Waals surface area contributed by atoms with Crippen LogP contribution in [0.15, 0.2) is 67.8 Å². The maximum atomic E-state index is 13.4. The first-order valence-electron chi connectivity index (χ1n) is 8.03. The number of rotatable bonds is 2. The van der Waals surface area contributed by atoms with Gasteiger partial charge in [-0.3, -0.25) is 9.59 Å². The first-order valence-corrected chi connectivity index (χ1v) is 9.47. The van der Waals surface area contributed by atoms with Gasteiger partial charge in [0.1, 0.15) is 11.3 Å². The molecule has 0 radical (unpaired) electrons. The molecule has 10 heteroatoms. The third-order valence-corrected chi connectivity index (χ3v) is 6.01. The summed E-state index contributed by atoms with van der Waals surface area (Å²) >= 11 is 0. The Labute approximate surface area is 156 Å². The average Bonchev–Trinajstić information content (AvgIpc) is 2.63. The molecule has 0 saturated carbocycles. The molecule has 0 fully saturated rings. The zero-order chi connectivity index (χ0) is 20.2. The minimum absolute atomic E-state index is 0.0632. The van der Waals surface area contributed by atoms with Crippen molar-refractivity contribution in [3.63, 3.8) is 0 Å². The van der Waals surface area contributed by atoms with Gasteiger partial charge in [0.2, 0.25) is 0 Å². The summed E-state index contributed by atoms with van der Waals surface area (Å²) in [5.41, 5.74) is -2.58. The van der Waals surface area contributed by atoms with E-state index in [-0.39, 0.29) is 25.3 Å². The Bertz CT molecular complexity index is 1550. The van der Waals surface area contributed by atoms with Gasteiger partial charge in [0.15, 0.2) is 5.43 Å². The van der Waals surface area contributed by atoms with E-state index in [4.69, 9.17) is 0 Å². The molecule has 4 rings (SSSR count). The van der Waals surface area contributed by atoms with Gasteiger partial charge in [-0.1, -0.05) is 17.7 Å². The molecule has 142 valence electrons. The third-order valence-electron chi connectivity index (χ3n) is 4.33. The zero-order valence-electron chi connectivity index (χ0n) is 14.3. The molecule has 28 heavy (non-hydrogen) atoms. The molecule has 1 N–H and O–H groups in total. The zero-order valence-corrected chi connectivity index (χ0v) is 15.2. The van der Waals surface area contributed by atoms with Crippen LogP contribution in [0.25, 0.3) is 16.4 Å². The molecule has 4 aromatic rings. The number of benzene rings is 2. The molecule has 0 spiro atoms. The monoisotopic (exact) mass is 401 g/mol. The second kappa shape index (κ2) is 5.99. The SMILES string of the molecule is Cc1ccc(S(=O)(=O)n2c(=O)[nH]n3c(cc(=O)c4cc(F)ccc43)c2=O)cc1. The van der Waals surface area contributed by atoms with Crippen LogP contribution in [0.5, 0.6) is 0 Å². The lowest BCUT2D eigenvalue weighted by atomic mass is 10.2. The first kappa shape index (κ1) is 17.9. The number of H-pyrrole nitrogens is 1. The van der Waals surface area contributed by atoms with Gasteiger partial charge >= 0.3 is 5.69 Å². The summed E-state index contributed by atoms with van der Waals surface area (Å²) in [4.78, 5) is 37.4. The topological polar surface area (TPSA) is 110 Å². The van der Waals surface area contributed by atoms with Crippen LogP contribution in [0.2, 0.25) is 0 Å². The minimum atomic E-state index is -4.50. The highest BCUT2D eigenvalue weighted by molar-refractivity contribution is 7.90. The lowest BCUT2D eigenvalue weighted by molar-refractivity contribution is 0.580. The van der Waals surface area contributed by atoms with Crippen LogP contribution in [0.4, 0.5) is 4.39 Å². The molecule has 0 bridgehead atoms. The quantitative estimate of drug-likeness (QED) is 0.504. The summed E-state index contributed by atoms with van der Waals surface area (Å²) in [5, 5.41) is 2.20. The van der Waals surface area contributed by atoms with Crippen LogP contribution >= 0.6 is 0 Å². The Hall–Kier alpha value is -3.53. The summed E-state index contributed by atoms with van der Waals surface area (Å²) in [6.07, 6.45) is 0. The number of nitrogens with one attached hydrogen (secondary N) is 1. The van der Waals surface area contributed by atoms with Gasteiger partial charge in [0.25, 0.3) is 15.6 Å². The fourth-order valence-corrected chi connectivity index (χ4v) is 4.21. The third kappa shape index (κ3) is 2.57. The van der Waals surface area contributed by atoms with E-state index in [1.54, 1.807) is 6.92 Å². The maximum absolute atomic E-state index is 13.4. The molecular formula is C18H12FN3O5S. The Kier molecular flexibility index (Phi) is 3.82. The number of aryl methyl sites for hydroxylation is 1. The van der Waals surface area contributed by atoms with Crippen molar-refractivity contribution in [2.45, 2.75) is 11.8 Å². The van der Waals surface area contributed by atoms with Crippen LogP contribution < -0.4 is 16.7 Å². The highest BCUT2D eigenvalue weighted by atomic mass is 32.2. The molecule has 0 atom stereocenters. The maximum Gasteiger partial charge on any atom is 0.357 e. The van der Waals surface area contributed by atoms with Crippen LogP contribution in [0, 0.1) is 12.7 Å². The molecular weight excluding hydrogens is 389 g/mol. The molecule has 2 aromatic carbocycles. The van der Waals surface area contributed by atoms with Gasteiger partial charge in [-0.2, -0.15) is 0 Å². The lowest BCUT2D eigenvalue weighted by Crippen LogP contribution is -2.42. The van der Waals surface area contributed by atoms with Crippen molar-refractivity contribution < 1.29 is 12.8 Å². The second-order valence-electron chi connectivity index (χ2n) is 6.20. The Morgan fingerprint density at radius 1 is 0.929 bits per heavy atom. The Balaban J connectivity index is 2.13. The van der Waals surface area contributed by atoms with E-state index in [1.807, 2.05) is 0 Å². The van der Waals surface area contributed by atoms with Crippen LogP contribution in [0.1, 0.15) is 5.56 Å². The van der Waals surface area contributed by atoms with Crippen molar-refractivity contribution in [2.75, 3.05) is 0 Å². The van der Waals surface area contributed by atoms with Crippen molar-refractivity contribution in [3.8, 4) is 0 Å². The summed E-state index contributed by atoms with van der Waals surface area (Å²) in [6.45, 7) is 1.76.